The van der Waals surface area contributed by atoms with E-state index in [0.717, 1.165) is 0 Å². The molecule has 1 N–H and O–H groups in total. The predicted octanol–water partition coefficient (Wildman–Crippen LogP) is 3.02. The molecule has 0 radical (unpaired) electrons. The molecule has 0 aliphatic carbocycles. The lowest BCUT2D eigenvalue weighted by atomic mass is 9.90. The van der Waals surface area contributed by atoms with Crippen LogP contribution in [0.3, 0.4) is 0 Å². The molecular formula is C12H20F3NOS. The standard InChI is InChI=1S/C12H20F3NOS/c1-9(2)11(6,7-8-12(13,14)15)16-18(17)10(3,4)5/h9,16H,1-6H3/t11-,18?/m1/s1. The van der Waals surface area contributed by atoms with Crippen molar-refractivity contribution in [3.05, 3.63) is 0 Å². The average molecular weight is 283 g/mol. The maximum Gasteiger partial charge on any atom is 0.457 e. The van der Waals surface area contributed by atoms with Gasteiger partial charge in [-0.15, -0.1) is 0 Å². The molecule has 0 aliphatic rings. The van der Waals surface area contributed by atoms with Crippen molar-refractivity contribution in [2.75, 3.05) is 0 Å². The summed E-state index contributed by atoms with van der Waals surface area (Å²) in [6.45, 7) is 10.2. The van der Waals surface area contributed by atoms with Crippen LogP contribution in [-0.4, -0.2) is 20.7 Å². The molecule has 18 heavy (non-hydrogen) atoms. The Bertz CT molecular complexity index is 373. The van der Waals surface area contributed by atoms with E-state index in [9.17, 15) is 17.4 Å². The van der Waals surface area contributed by atoms with Crippen LogP contribution in [0.2, 0.25) is 0 Å². The van der Waals surface area contributed by atoms with Gasteiger partial charge in [-0.2, -0.15) is 13.2 Å². The average Bonchev–Trinajstić information content (AvgIpc) is 2.11. The fraction of sp³-hybridized carbons (Fsp3) is 0.833. The van der Waals surface area contributed by atoms with Crippen LogP contribution >= 0.6 is 0 Å². The topological polar surface area (TPSA) is 29.1 Å². The molecular weight excluding hydrogens is 263 g/mol. The van der Waals surface area contributed by atoms with Crippen molar-refractivity contribution in [2.45, 2.75) is 58.0 Å². The molecule has 1 unspecified atom stereocenters. The summed E-state index contributed by atoms with van der Waals surface area (Å²) in [5.74, 6) is 3.20. The van der Waals surface area contributed by atoms with Crippen LogP contribution in [0.5, 0.6) is 0 Å². The summed E-state index contributed by atoms with van der Waals surface area (Å²) >= 11 is 0. The second kappa shape index (κ2) is 5.62. The first-order chi connectivity index (χ1) is 7.78. The molecule has 2 nitrogen and oxygen atoms in total. The number of hydrogen-bond donors (Lipinski definition) is 1. The summed E-state index contributed by atoms with van der Waals surface area (Å²) in [7, 11) is -1.48. The minimum Gasteiger partial charge on any atom is -0.242 e. The molecule has 2 atom stereocenters. The Morgan fingerprint density at radius 2 is 1.50 bits per heavy atom. The third-order valence-electron chi connectivity index (χ3n) is 2.48. The van der Waals surface area contributed by atoms with Gasteiger partial charge in [-0.3, -0.25) is 0 Å². The van der Waals surface area contributed by atoms with Crippen molar-refractivity contribution in [1.29, 1.82) is 0 Å². The van der Waals surface area contributed by atoms with Gasteiger partial charge in [-0.05, 0) is 33.6 Å². The number of halogens is 3. The molecule has 0 bridgehead atoms. The number of hydrogen-bond acceptors (Lipinski definition) is 1. The minimum atomic E-state index is -4.54. The van der Waals surface area contributed by atoms with E-state index in [-0.39, 0.29) is 5.92 Å². The maximum atomic E-state index is 12.1. The van der Waals surface area contributed by atoms with Crippen molar-refractivity contribution in [1.82, 2.24) is 4.72 Å². The first-order valence-electron chi connectivity index (χ1n) is 5.59. The highest BCUT2D eigenvalue weighted by Gasteiger charge is 2.33. The van der Waals surface area contributed by atoms with Crippen LogP contribution < -0.4 is 4.72 Å². The molecule has 0 aromatic rings. The van der Waals surface area contributed by atoms with Gasteiger partial charge in [0.25, 0.3) is 0 Å². The molecule has 0 aromatic carbocycles. The van der Waals surface area contributed by atoms with Crippen LogP contribution in [0.4, 0.5) is 13.2 Å². The highest BCUT2D eigenvalue weighted by molar-refractivity contribution is 7.84. The van der Waals surface area contributed by atoms with Gasteiger partial charge in [-0.25, -0.2) is 8.93 Å². The summed E-state index contributed by atoms with van der Waals surface area (Å²) in [6, 6.07) is 0. The molecule has 0 amide bonds. The smallest absolute Gasteiger partial charge is 0.242 e. The predicted molar refractivity (Wildman–Crippen MR) is 68.1 cm³/mol. The zero-order valence-corrected chi connectivity index (χ0v) is 12.3. The van der Waals surface area contributed by atoms with E-state index >= 15 is 0 Å². The van der Waals surface area contributed by atoms with Gasteiger partial charge in [-0.1, -0.05) is 19.8 Å². The third kappa shape index (κ3) is 5.87. The zero-order chi connectivity index (χ0) is 14.8. The quantitative estimate of drug-likeness (QED) is 0.793. The third-order valence-corrected chi connectivity index (χ3v) is 4.20. The molecule has 6 heteroatoms. The number of rotatable bonds is 3. The molecule has 0 saturated heterocycles. The van der Waals surface area contributed by atoms with Crippen molar-refractivity contribution < 1.29 is 17.4 Å². The first-order valence-corrected chi connectivity index (χ1v) is 6.74. The Balaban J connectivity index is 5.18. The fourth-order valence-electron chi connectivity index (χ4n) is 0.834. The van der Waals surface area contributed by atoms with Gasteiger partial charge in [0.15, 0.2) is 0 Å². The minimum absolute atomic E-state index is 0.210. The molecule has 0 aromatic heterocycles. The molecule has 0 fully saturated rings. The second-order valence-corrected chi connectivity index (χ2v) is 7.55. The van der Waals surface area contributed by atoms with E-state index in [1.807, 2.05) is 0 Å². The maximum absolute atomic E-state index is 12.1. The lowest BCUT2D eigenvalue weighted by Gasteiger charge is -2.32. The molecule has 0 spiro atoms. The lowest BCUT2D eigenvalue weighted by molar-refractivity contribution is -0.0699. The monoisotopic (exact) mass is 283 g/mol. The summed E-state index contributed by atoms with van der Waals surface area (Å²) in [6.07, 6.45) is -4.54. The Morgan fingerprint density at radius 1 is 1.06 bits per heavy atom. The van der Waals surface area contributed by atoms with Gasteiger partial charge in [0.05, 0.1) is 21.3 Å². The van der Waals surface area contributed by atoms with E-state index in [1.54, 1.807) is 34.6 Å². The summed E-state index contributed by atoms with van der Waals surface area (Å²) < 4.78 is 50.5. The molecule has 0 rings (SSSR count). The Kier molecular flexibility index (Phi) is 5.45. The van der Waals surface area contributed by atoms with Gasteiger partial charge >= 0.3 is 6.18 Å². The number of nitrogens with one attached hydrogen (secondary N) is 1. The number of alkyl halides is 3. The van der Waals surface area contributed by atoms with Crippen LogP contribution in [-0.2, 0) is 11.0 Å². The van der Waals surface area contributed by atoms with Crippen molar-refractivity contribution in [3.63, 3.8) is 0 Å². The fourth-order valence-corrected chi connectivity index (χ4v) is 1.81. The van der Waals surface area contributed by atoms with E-state index in [2.05, 4.69) is 10.6 Å². The summed E-state index contributed by atoms with van der Waals surface area (Å²) in [4.78, 5) is 0. The van der Waals surface area contributed by atoms with Crippen molar-refractivity contribution in [3.8, 4) is 11.8 Å². The van der Waals surface area contributed by atoms with Gasteiger partial charge in [0.1, 0.15) is 0 Å². The van der Waals surface area contributed by atoms with E-state index < -0.39 is 27.4 Å². The normalized spacial score (nSPS) is 17.9. The van der Waals surface area contributed by atoms with Crippen molar-refractivity contribution >= 4 is 11.0 Å². The van der Waals surface area contributed by atoms with Crippen LogP contribution in [0, 0.1) is 17.8 Å². The molecule has 0 heterocycles. The Morgan fingerprint density at radius 3 is 1.78 bits per heavy atom. The van der Waals surface area contributed by atoms with Gasteiger partial charge < -0.3 is 0 Å². The zero-order valence-electron chi connectivity index (χ0n) is 11.5. The molecule has 0 saturated carbocycles. The SMILES string of the molecule is CC(C)[C@@](C)(C#CC(F)(F)F)NS(=O)C(C)(C)C. The molecule has 106 valence electrons. The Hall–Kier alpha value is -0.540. The van der Waals surface area contributed by atoms with Gasteiger partial charge in [0, 0.05) is 5.92 Å². The highest BCUT2D eigenvalue weighted by atomic mass is 32.2. The molecule has 0 aliphatic heterocycles. The second-order valence-electron chi connectivity index (χ2n) is 5.59. The summed E-state index contributed by atoms with van der Waals surface area (Å²) in [5.41, 5.74) is -1.15. The van der Waals surface area contributed by atoms with E-state index in [0.29, 0.717) is 0 Å². The summed E-state index contributed by atoms with van der Waals surface area (Å²) in [5, 5.41) is 0. The van der Waals surface area contributed by atoms with E-state index in [1.165, 1.54) is 12.8 Å². The first kappa shape index (κ1) is 17.5. The van der Waals surface area contributed by atoms with Gasteiger partial charge in [0.2, 0.25) is 0 Å². The Labute approximate surface area is 109 Å². The van der Waals surface area contributed by atoms with Crippen LogP contribution in [0.1, 0.15) is 41.5 Å². The van der Waals surface area contributed by atoms with Crippen molar-refractivity contribution in [2.24, 2.45) is 5.92 Å². The highest BCUT2D eigenvalue weighted by Crippen LogP contribution is 2.21. The van der Waals surface area contributed by atoms with Crippen LogP contribution in [0.15, 0.2) is 0 Å². The van der Waals surface area contributed by atoms with E-state index in [4.69, 9.17) is 0 Å². The van der Waals surface area contributed by atoms with Crippen LogP contribution in [0.25, 0.3) is 0 Å². The largest absolute Gasteiger partial charge is 0.457 e. The lowest BCUT2D eigenvalue weighted by Crippen LogP contribution is -2.50.